The van der Waals surface area contributed by atoms with Crippen molar-refractivity contribution in [3.05, 3.63) is 10.5 Å². The summed E-state index contributed by atoms with van der Waals surface area (Å²) in [6, 6.07) is 0.0272. The highest BCUT2D eigenvalue weighted by Crippen LogP contribution is 2.12. The van der Waals surface area contributed by atoms with Gasteiger partial charge in [-0.3, -0.25) is 14.2 Å². The van der Waals surface area contributed by atoms with Crippen molar-refractivity contribution >= 4 is 23.6 Å². The molecule has 0 aliphatic carbocycles. The van der Waals surface area contributed by atoms with E-state index in [4.69, 9.17) is 4.74 Å². The van der Waals surface area contributed by atoms with Crippen LogP contribution in [0.15, 0.2) is 9.95 Å². The average molecular weight is 345 g/mol. The molecule has 0 spiro atoms. The van der Waals surface area contributed by atoms with Gasteiger partial charge in [-0.25, -0.2) is 9.89 Å². The Hall–Kier alpha value is -1.81. The zero-order chi connectivity index (χ0) is 17.2. The van der Waals surface area contributed by atoms with Crippen molar-refractivity contribution in [2.24, 2.45) is 0 Å². The molecule has 0 bridgehead atoms. The molecule has 0 atom stereocenters. The van der Waals surface area contributed by atoms with Gasteiger partial charge in [0.2, 0.25) is 11.8 Å². The second kappa shape index (κ2) is 10.1. The molecule has 23 heavy (non-hydrogen) atoms. The highest BCUT2D eigenvalue weighted by molar-refractivity contribution is 7.99. The predicted octanol–water partition coefficient (Wildman–Crippen LogP) is -0.659. The zero-order valence-corrected chi connectivity index (χ0v) is 14.4. The summed E-state index contributed by atoms with van der Waals surface area (Å²) in [5.41, 5.74) is -0.319. The van der Waals surface area contributed by atoms with E-state index in [9.17, 15) is 14.4 Å². The highest BCUT2D eigenvalue weighted by Gasteiger charge is 2.12. The Morgan fingerprint density at radius 2 is 2.13 bits per heavy atom. The van der Waals surface area contributed by atoms with Crippen LogP contribution in [0.1, 0.15) is 20.3 Å². The Labute approximate surface area is 138 Å². The van der Waals surface area contributed by atoms with Crippen LogP contribution in [-0.2, 0) is 20.9 Å². The van der Waals surface area contributed by atoms with E-state index in [1.54, 1.807) is 7.11 Å². The molecule has 0 aliphatic rings. The lowest BCUT2D eigenvalue weighted by Gasteiger charge is -2.09. The van der Waals surface area contributed by atoms with Crippen LogP contribution in [0.2, 0.25) is 0 Å². The largest absolute Gasteiger partial charge is 0.385 e. The molecule has 130 valence electrons. The smallest absolute Gasteiger partial charge is 0.343 e. The summed E-state index contributed by atoms with van der Waals surface area (Å²) in [5, 5.41) is 11.9. The number of hydrogen-bond donors (Lipinski definition) is 3. The van der Waals surface area contributed by atoms with Gasteiger partial charge in [0.05, 0.1) is 12.3 Å². The van der Waals surface area contributed by atoms with Gasteiger partial charge in [-0.2, -0.15) is 0 Å². The number of methoxy groups -OCH3 is 1. The number of H-pyrrole nitrogens is 1. The second-order valence-electron chi connectivity index (χ2n) is 5.10. The number of aromatic amines is 1. The van der Waals surface area contributed by atoms with Crippen LogP contribution in [0.3, 0.4) is 0 Å². The number of thioether (sulfide) groups is 1. The Balaban J connectivity index is 2.41. The average Bonchev–Trinajstić information content (AvgIpc) is 2.83. The molecular formula is C13H23N5O4S. The lowest BCUT2D eigenvalue weighted by molar-refractivity contribution is -0.125. The summed E-state index contributed by atoms with van der Waals surface area (Å²) in [6.07, 6.45) is 0.672. The third-order valence-electron chi connectivity index (χ3n) is 2.68. The Morgan fingerprint density at radius 1 is 1.39 bits per heavy atom. The third-order valence-corrected chi connectivity index (χ3v) is 3.66. The van der Waals surface area contributed by atoms with Crippen molar-refractivity contribution in [3.8, 4) is 0 Å². The van der Waals surface area contributed by atoms with Gasteiger partial charge < -0.3 is 15.4 Å². The third kappa shape index (κ3) is 7.33. The second-order valence-corrected chi connectivity index (χ2v) is 6.04. The topological polar surface area (TPSA) is 118 Å². The van der Waals surface area contributed by atoms with Crippen LogP contribution < -0.4 is 16.3 Å². The monoisotopic (exact) mass is 345 g/mol. The summed E-state index contributed by atoms with van der Waals surface area (Å²) >= 11 is 1.14. The van der Waals surface area contributed by atoms with E-state index in [2.05, 4.69) is 20.8 Å². The minimum absolute atomic E-state index is 0.0272. The first-order chi connectivity index (χ1) is 10.9. The molecule has 0 radical (unpaired) electrons. The number of nitrogens with one attached hydrogen (secondary N) is 3. The summed E-state index contributed by atoms with van der Waals surface area (Å²) in [4.78, 5) is 34.8. The number of rotatable bonds is 10. The van der Waals surface area contributed by atoms with Crippen molar-refractivity contribution < 1.29 is 14.3 Å². The lowest BCUT2D eigenvalue weighted by Crippen LogP contribution is -2.40. The van der Waals surface area contributed by atoms with Gasteiger partial charge in [0.1, 0.15) is 0 Å². The Morgan fingerprint density at radius 3 is 2.78 bits per heavy atom. The molecule has 0 unspecified atom stereocenters. The van der Waals surface area contributed by atoms with E-state index < -0.39 is 0 Å². The number of hydrogen-bond acceptors (Lipinski definition) is 6. The first-order valence-corrected chi connectivity index (χ1v) is 8.25. The van der Waals surface area contributed by atoms with E-state index in [1.165, 1.54) is 4.57 Å². The minimum Gasteiger partial charge on any atom is -0.385 e. The normalized spacial score (nSPS) is 10.8. The molecule has 2 amide bonds. The maximum absolute atomic E-state index is 11.7. The SMILES string of the molecule is COCCCn1c(SCC(=O)NCC(=O)NC(C)C)n[nH]c1=O. The van der Waals surface area contributed by atoms with E-state index in [0.29, 0.717) is 24.7 Å². The number of carbonyl (C=O) groups excluding carboxylic acids is 2. The van der Waals surface area contributed by atoms with Gasteiger partial charge in [-0.15, -0.1) is 5.10 Å². The zero-order valence-electron chi connectivity index (χ0n) is 13.5. The minimum atomic E-state index is -0.319. The lowest BCUT2D eigenvalue weighted by atomic mass is 10.4. The molecule has 0 fully saturated rings. The van der Waals surface area contributed by atoms with Crippen LogP contribution in [0.4, 0.5) is 0 Å². The maximum Gasteiger partial charge on any atom is 0.343 e. The maximum atomic E-state index is 11.7. The Kier molecular flexibility index (Phi) is 8.41. The van der Waals surface area contributed by atoms with E-state index in [0.717, 1.165) is 11.8 Å². The molecule has 9 nitrogen and oxygen atoms in total. The number of nitrogens with zero attached hydrogens (tertiary/aromatic N) is 2. The molecule has 0 aliphatic heterocycles. The Bertz CT molecular complexity index is 569. The molecule has 1 heterocycles. The van der Waals surface area contributed by atoms with Gasteiger partial charge in [-0.05, 0) is 20.3 Å². The van der Waals surface area contributed by atoms with E-state index in [-0.39, 0.29) is 35.8 Å². The number of aromatic nitrogens is 3. The van der Waals surface area contributed by atoms with Gasteiger partial charge in [-0.1, -0.05) is 11.8 Å². The molecule has 1 aromatic rings. The highest BCUT2D eigenvalue weighted by atomic mass is 32.2. The molecule has 3 N–H and O–H groups in total. The quantitative estimate of drug-likeness (QED) is 0.383. The van der Waals surface area contributed by atoms with Gasteiger partial charge in [0, 0.05) is 26.3 Å². The van der Waals surface area contributed by atoms with Gasteiger partial charge in [0.15, 0.2) is 5.16 Å². The van der Waals surface area contributed by atoms with Gasteiger partial charge >= 0.3 is 5.69 Å². The number of ether oxygens (including phenoxy) is 1. The van der Waals surface area contributed by atoms with Crippen LogP contribution >= 0.6 is 11.8 Å². The van der Waals surface area contributed by atoms with Gasteiger partial charge in [0.25, 0.3) is 0 Å². The molecule has 0 saturated carbocycles. The van der Waals surface area contributed by atoms with Crippen molar-refractivity contribution in [1.29, 1.82) is 0 Å². The molecule has 1 rings (SSSR count). The standard InChI is InChI=1S/C13H23N5O4S/c1-9(2)15-10(19)7-14-11(20)8-23-13-17-16-12(21)18(13)5-4-6-22-3/h9H,4-8H2,1-3H3,(H,14,20)(H,15,19)(H,16,21). The fraction of sp³-hybridized carbons (Fsp3) is 0.692. The molecule has 0 aromatic carbocycles. The van der Waals surface area contributed by atoms with E-state index >= 15 is 0 Å². The summed E-state index contributed by atoms with van der Waals surface area (Å²) in [7, 11) is 1.59. The van der Waals surface area contributed by atoms with E-state index in [1.807, 2.05) is 13.8 Å². The number of amides is 2. The van der Waals surface area contributed by atoms with Crippen LogP contribution in [0.25, 0.3) is 0 Å². The first kappa shape index (κ1) is 19.2. The van der Waals surface area contributed by atoms with Crippen molar-refractivity contribution in [2.45, 2.75) is 38.0 Å². The first-order valence-electron chi connectivity index (χ1n) is 7.27. The molecular weight excluding hydrogens is 322 g/mol. The van der Waals surface area contributed by atoms with Crippen LogP contribution in [0, 0.1) is 0 Å². The predicted molar refractivity (Wildman–Crippen MR) is 86.4 cm³/mol. The fourth-order valence-corrected chi connectivity index (χ4v) is 2.51. The van der Waals surface area contributed by atoms with Crippen molar-refractivity contribution in [2.75, 3.05) is 26.0 Å². The fourth-order valence-electron chi connectivity index (χ4n) is 1.71. The summed E-state index contributed by atoms with van der Waals surface area (Å²) in [5.74, 6) is -0.467. The van der Waals surface area contributed by atoms with Crippen molar-refractivity contribution in [1.82, 2.24) is 25.4 Å². The van der Waals surface area contributed by atoms with Crippen molar-refractivity contribution in [3.63, 3.8) is 0 Å². The van der Waals surface area contributed by atoms with Crippen LogP contribution in [-0.4, -0.2) is 58.6 Å². The molecule has 1 aromatic heterocycles. The molecule has 10 heteroatoms. The summed E-state index contributed by atoms with van der Waals surface area (Å²) < 4.78 is 6.41. The summed E-state index contributed by atoms with van der Waals surface area (Å²) in [6.45, 7) is 4.61. The number of carbonyl (C=O) groups is 2. The molecule has 0 saturated heterocycles. The van der Waals surface area contributed by atoms with Crippen LogP contribution in [0.5, 0.6) is 0 Å².